The molecule has 0 saturated heterocycles. The zero-order valence-electron chi connectivity index (χ0n) is 5.88. The molecule has 0 saturated carbocycles. The fraction of sp³-hybridized carbons (Fsp3) is 0.500. The van der Waals surface area contributed by atoms with E-state index in [0.29, 0.717) is 0 Å². The van der Waals surface area contributed by atoms with E-state index < -0.39 is 0 Å². The summed E-state index contributed by atoms with van der Waals surface area (Å²) < 4.78 is 0. The zero-order valence-corrected chi connectivity index (χ0v) is 5.88. The van der Waals surface area contributed by atoms with E-state index in [1.165, 1.54) is 24.2 Å². The van der Waals surface area contributed by atoms with Crippen molar-refractivity contribution in [1.82, 2.24) is 9.97 Å². The molecule has 0 aromatic carbocycles. The van der Waals surface area contributed by atoms with Gasteiger partial charge in [0.25, 0.3) is 0 Å². The summed E-state index contributed by atoms with van der Waals surface area (Å²) >= 11 is 0. The third-order valence-electron chi connectivity index (χ3n) is 1.94. The fourth-order valence-corrected chi connectivity index (χ4v) is 1.40. The van der Waals surface area contributed by atoms with Crippen LogP contribution in [0.2, 0.25) is 0 Å². The van der Waals surface area contributed by atoms with Gasteiger partial charge in [-0.25, -0.2) is 0 Å². The van der Waals surface area contributed by atoms with Crippen molar-refractivity contribution >= 4 is 0 Å². The van der Waals surface area contributed by atoms with Crippen molar-refractivity contribution in [2.75, 3.05) is 0 Å². The minimum absolute atomic E-state index is 1.13. The van der Waals surface area contributed by atoms with Gasteiger partial charge in [0.15, 0.2) is 0 Å². The summed E-state index contributed by atoms with van der Waals surface area (Å²) in [5.41, 5.74) is 2.43. The van der Waals surface area contributed by atoms with Crippen LogP contribution in [0.4, 0.5) is 0 Å². The standard InChI is InChI=1S/C8H10N2/c1-2-4-8-7(3-1)9-5-6-10-8/h5-6H,1-4H2. The first-order valence-electron chi connectivity index (χ1n) is 3.75. The van der Waals surface area contributed by atoms with Crippen LogP contribution >= 0.6 is 0 Å². The van der Waals surface area contributed by atoms with Gasteiger partial charge in [0.05, 0.1) is 11.4 Å². The van der Waals surface area contributed by atoms with E-state index in [2.05, 4.69) is 9.97 Å². The SMILES string of the molecule is c1cnc2c(n1)CCCC2. The van der Waals surface area contributed by atoms with E-state index in [1.54, 1.807) is 12.4 Å². The number of fused-ring (bicyclic) bond motifs is 1. The Labute approximate surface area is 60.3 Å². The molecule has 0 N–H and O–H groups in total. The zero-order chi connectivity index (χ0) is 6.81. The van der Waals surface area contributed by atoms with Crippen molar-refractivity contribution in [3.05, 3.63) is 23.8 Å². The molecule has 0 amide bonds. The molecule has 1 aliphatic carbocycles. The van der Waals surface area contributed by atoms with Crippen molar-refractivity contribution in [1.29, 1.82) is 0 Å². The fourth-order valence-electron chi connectivity index (χ4n) is 1.40. The molecule has 0 atom stereocenters. The van der Waals surface area contributed by atoms with Crippen LogP contribution in [-0.2, 0) is 12.8 Å². The minimum Gasteiger partial charge on any atom is -0.258 e. The lowest BCUT2D eigenvalue weighted by Gasteiger charge is -2.11. The highest BCUT2D eigenvalue weighted by Gasteiger charge is 2.09. The van der Waals surface area contributed by atoms with Crippen LogP contribution in [0.25, 0.3) is 0 Å². The van der Waals surface area contributed by atoms with E-state index in [-0.39, 0.29) is 0 Å². The number of hydrogen-bond acceptors (Lipinski definition) is 2. The van der Waals surface area contributed by atoms with Crippen LogP contribution in [0.3, 0.4) is 0 Å². The molecule has 2 rings (SSSR count). The summed E-state index contributed by atoms with van der Waals surface area (Å²) in [6.07, 6.45) is 8.39. The topological polar surface area (TPSA) is 25.8 Å². The molecule has 2 nitrogen and oxygen atoms in total. The second-order valence-corrected chi connectivity index (χ2v) is 2.66. The average Bonchev–Trinajstić information content (AvgIpc) is 2.05. The molecule has 1 aromatic heterocycles. The Balaban J connectivity index is 2.41. The van der Waals surface area contributed by atoms with E-state index in [0.717, 1.165) is 12.8 Å². The number of hydrogen-bond donors (Lipinski definition) is 0. The highest BCUT2D eigenvalue weighted by molar-refractivity contribution is 5.13. The van der Waals surface area contributed by atoms with Gasteiger partial charge in [0, 0.05) is 12.4 Å². The first-order valence-corrected chi connectivity index (χ1v) is 3.75. The monoisotopic (exact) mass is 134 g/mol. The normalized spacial score (nSPS) is 16.4. The van der Waals surface area contributed by atoms with Gasteiger partial charge >= 0.3 is 0 Å². The minimum atomic E-state index is 1.13. The first-order chi connectivity index (χ1) is 4.97. The maximum absolute atomic E-state index is 4.26. The van der Waals surface area contributed by atoms with E-state index in [4.69, 9.17) is 0 Å². The summed E-state index contributed by atoms with van der Waals surface area (Å²) in [6.45, 7) is 0. The molecule has 1 aromatic rings. The van der Waals surface area contributed by atoms with Crippen molar-refractivity contribution < 1.29 is 0 Å². The maximum Gasteiger partial charge on any atom is 0.0618 e. The summed E-state index contributed by atoms with van der Waals surface area (Å²) in [6, 6.07) is 0. The number of aryl methyl sites for hydroxylation is 2. The Morgan fingerprint density at radius 1 is 0.900 bits per heavy atom. The van der Waals surface area contributed by atoms with Crippen LogP contribution < -0.4 is 0 Å². The van der Waals surface area contributed by atoms with Gasteiger partial charge < -0.3 is 0 Å². The predicted molar refractivity (Wildman–Crippen MR) is 38.7 cm³/mol. The largest absolute Gasteiger partial charge is 0.258 e. The molecule has 0 fully saturated rings. The molecule has 1 aliphatic rings. The first kappa shape index (κ1) is 5.83. The van der Waals surface area contributed by atoms with Crippen molar-refractivity contribution in [2.24, 2.45) is 0 Å². The maximum atomic E-state index is 4.26. The molecule has 0 spiro atoms. The summed E-state index contributed by atoms with van der Waals surface area (Å²) in [7, 11) is 0. The van der Waals surface area contributed by atoms with Gasteiger partial charge in [-0.05, 0) is 25.7 Å². The van der Waals surface area contributed by atoms with E-state index in [1.807, 2.05) is 0 Å². The van der Waals surface area contributed by atoms with Gasteiger partial charge in [-0.1, -0.05) is 0 Å². The third-order valence-corrected chi connectivity index (χ3v) is 1.94. The van der Waals surface area contributed by atoms with Crippen LogP contribution in [0.5, 0.6) is 0 Å². The Bertz CT molecular complexity index is 207. The molecule has 0 bridgehead atoms. The van der Waals surface area contributed by atoms with Gasteiger partial charge in [-0.2, -0.15) is 0 Å². The number of nitrogens with zero attached hydrogens (tertiary/aromatic N) is 2. The van der Waals surface area contributed by atoms with Gasteiger partial charge in [0.1, 0.15) is 0 Å². The van der Waals surface area contributed by atoms with E-state index in [9.17, 15) is 0 Å². The Hall–Kier alpha value is -0.920. The molecule has 0 aliphatic heterocycles. The second-order valence-electron chi connectivity index (χ2n) is 2.66. The lowest BCUT2D eigenvalue weighted by Crippen LogP contribution is -2.06. The molecule has 1 heterocycles. The van der Waals surface area contributed by atoms with Crippen LogP contribution in [0, 0.1) is 0 Å². The Morgan fingerprint density at radius 2 is 1.40 bits per heavy atom. The lowest BCUT2D eigenvalue weighted by molar-refractivity contribution is 0.649. The predicted octanol–water partition coefficient (Wildman–Crippen LogP) is 1.36. The summed E-state index contributed by atoms with van der Waals surface area (Å²) in [5.74, 6) is 0. The molecule has 52 valence electrons. The second kappa shape index (κ2) is 2.37. The van der Waals surface area contributed by atoms with Crippen molar-refractivity contribution in [3.8, 4) is 0 Å². The van der Waals surface area contributed by atoms with Crippen LogP contribution in [0.15, 0.2) is 12.4 Å². The summed E-state index contributed by atoms with van der Waals surface area (Å²) in [4.78, 5) is 8.51. The summed E-state index contributed by atoms with van der Waals surface area (Å²) in [5, 5.41) is 0. The molecule has 2 heteroatoms. The smallest absolute Gasteiger partial charge is 0.0618 e. The van der Waals surface area contributed by atoms with Gasteiger partial charge in [0.2, 0.25) is 0 Å². The molecule has 0 radical (unpaired) electrons. The Kier molecular flexibility index (Phi) is 1.38. The molecular formula is C8H10N2. The van der Waals surface area contributed by atoms with Crippen LogP contribution in [0.1, 0.15) is 24.2 Å². The van der Waals surface area contributed by atoms with Crippen molar-refractivity contribution in [2.45, 2.75) is 25.7 Å². The van der Waals surface area contributed by atoms with Crippen molar-refractivity contribution in [3.63, 3.8) is 0 Å². The van der Waals surface area contributed by atoms with Gasteiger partial charge in [-0.15, -0.1) is 0 Å². The van der Waals surface area contributed by atoms with E-state index >= 15 is 0 Å². The highest BCUT2D eigenvalue weighted by Crippen LogP contribution is 2.15. The van der Waals surface area contributed by atoms with Crippen LogP contribution in [-0.4, -0.2) is 9.97 Å². The number of aromatic nitrogens is 2. The average molecular weight is 134 g/mol. The molecular weight excluding hydrogens is 124 g/mol. The lowest BCUT2D eigenvalue weighted by atomic mass is 10.0. The Morgan fingerprint density at radius 3 is 1.90 bits per heavy atom. The highest BCUT2D eigenvalue weighted by atomic mass is 14.8. The molecule has 10 heavy (non-hydrogen) atoms. The quantitative estimate of drug-likeness (QED) is 0.535. The molecule has 0 unspecified atom stereocenters. The number of rotatable bonds is 0. The third kappa shape index (κ3) is 0.897. The van der Waals surface area contributed by atoms with Gasteiger partial charge in [-0.3, -0.25) is 9.97 Å².